The topological polar surface area (TPSA) is 55.1 Å². The predicted octanol–water partition coefficient (Wildman–Crippen LogP) is 2.37. The third kappa shape index (κ3) is 3.40. The molecule has 1 aliphatic carbocycles. The van der Waals surface area contributed by atoms with Crippen molar-refractivity contribution in [3.05, 3.63) is 34.9 Å². The van der Waals surface area contributed by atoms with Crippen LogP contribution in [0.3, 0.4) is 0 Å². The zero-order chi connectivity index (χ0) is 14.6. The fraction of sp³-hybridized carbons (Fsp3) is 0.471. The molecule has 1 saturated carbocycles. The van der Waals surface area contributed by atoms with Crippen molar-refractivity contribution in [3.8, 4) is 11.8 Å². The zero-order valence-corrected chi connectivity index (χ0v) is 12.3. The van der Waals surface area contributed by atoms with Gasteiger partial charge in [0.15, 0.2) is 0 Å². The van der Waals surface area contributed by atoms with E-state index in [9.17, 15) is 4.79 Å². The molecule has 106 valence electrons. The van der Waals surface area contributed by atoms with Gasteiger partial charge >= 0.3 is 0 Å². The summed E-state index contributed by atoms with van der Waals surface area (Å²) in [4.78, 5) is 12.5. The highest BCUT2D eigenvalue weighted by molar-refractivity contribution is 5.96. The Morgan fingerprint density at radius 2 is 2.10 bits per heavy atom. The van der Waals surface area contributed by atoms with Gasteiger partial charge in [0, 0.05) is 16.7 Å². The van der Waals surface area contributed by atoms with E-state index in [-0.39, 0.29) is 11.4 Å². The lowest BCUT2D eigenvalue weighted by molar-refractivity contribution is 0.0907. The number of hydrogen-bond donors (Lipinski definition) is 2. The van der Waals surface area contributed by atoms with Gasteiger partial charge < -0.3 is 11.1 Å². The predicted molar refractivity (Wildman–Crippen MR) is 81.5 cm³/mol. The molecule has 0 spiro atoms. The normalized spacial score (nSPS) is 16.4. The fourth-order valence-electron chi connectivity index (χ4n) is 2.72. The minimum absolute atomic E-state index is 0.00305. The number of rotatable bonds is 2. The molecule has 0 radical (unpaired) electrons. The van der Waals surface area contributed by atoms with Crippen LogP contribution in [-0.4, -0.2) is 18.0 Å². The molecule has 0 aromatic heterocycles. The van der Waals surface area contributed by atoms with Crippen LogP contribution in [0.5, 0.6) is 0 Å². The second-order valence-corrected chi connectivity index (χ2v) is 5.76. The lowest BCUT2D eigenvalue weighted by atomic mass is 9.98. The molecule has 3 nitrogen and oxygen atoms in total. The molecule has 1 aliphatic rings. The second-order valence-electron chi connectivity index (χ2n) is 5.76. The molecular formula is C17H22N2O. The van der Waals surface area contributed by atoms with E-state index in [1.54, 1.807) is 0 Å². The van der Waals surface area contributed by atoms with E-state index >= 15 is 0 Å². The minimum atomic E-state index is -0.0531. The summed E-state index contributed by atoms with van der Waals surface area (Å²) in [5.41, 5.74) is 7.84. The van der Waals surface area contributed by atoms with Gasteiger partial charge in [-0.25, -0.2) is 0 Å². The highest BCUT2D eigenvalue weighted by Crippen LogP contribution is 2.29. The zero-order valence-electron chi connectivity index (χ0n) is 12.3. The van der Waals surface area contributed by atoms with Crippen molar-refractivity contribution >= 4 is 5.91 Å². The molecule has 1 aromatic carbocycles. The lowest BCUT2D eigenvalue weighted by Crippen LogP contribution is -2.43. The molecule has 1 aromatic rings. The molecule has 0 heterocycles. The molecule has 0 saturated heterocycles. The van der Waals surface area contributed by atoms with Gasteiger partial charge in [-0.1, -0.05) is 30.7 Å². The van der Waals surface area contributed by atoms with Crippen LogP contribution >= 0.6 is 0 Å². The van der Waals surface area contributed by atoms with E-state index in [0.29, 0.717) is 12.1 Å². The third-order valence-electron chi connectivity index (χ3n) is 3.94. The van der Waals surface area contributed by atoms with Crippen LogP contribution in [0, 0.1) is 18.8 Å². The van der Waals surface area contributed by atoms with Gasteiger partial charge in [0.25, 0.3) is 5.91 Å². The average molecular weight is 270 g/mol. The molecular weight excluding hydrogens is 248 g/mol. The van der Waals surface area contributed by atoms with E-state index in [2.05, 4.69) is 24.1 Å². The Bertz CT molecular complexity index is 560. The molecule has 1 fully saturated rings. The van der Waals surface area contributed by atoms with Gasteiger partial charge in [-0.3, -0.25) is 4.79 Å². The maximum Gasteiger partial charge on any atom is 0.252 e. The molecule has 0 unspecified atom stereocenters. The Balaban J connectivity index is 2.20. The van der Waals surface area contributed by atoms with E-state index in [4.69, 9.17) is 5.73 Å². The number of nitrogens with two attached hydrogens (primary N) is 1. The van der Waals surface area contributed by atoms with E-state index in [1.807, 2.05) is 25.1 Å². The van der Waals surface area contributed by atoms with Crippen LogP contribution in [-0.2, 0) is 0 Å². The Morgan fingerprint density at radius 3 is 2.75 bits per heavy atom. The quantitative estimate of drug-likeness (QED) is 0.811. The first-order valence-electron chi connectivity index (χ1n) is 7.16. The summed E-state index contributed by atoms with van der Waals surface area (Å²) in [6.45, 7) is 4.41. The van der Waals surface area contributed by atoms with Crippen LogP contribution < -0.4 is 11.1 Å². The number of amides is 1. The first-order chi connectivity index (χ1) is 9.54. The molecule has 0 bridgehead atoms. The van der Waals surface area contributed by atoms with Gasteiger partial charge in [-0.05, 0) is 44.4 Å². The van der Waals surface area contributed by atoms with Crippen molar-refractivity contribution in [1.29, 1.82) is 0 Å². The van der Waals surface area contributed by atoms with Crippen molar-refractivity contribution in [3.63, 3.8) is 0 Å². The summed E-state index contributed by atoms with van der Waals surface area (Å²) >= 11 is 0. The highest BCUT2D eigenvalue weighted by Gasteiger charge is 2.30. The molecule has 3 heteroatoms. The van der Waals surface area contributed by atoms with E-state index < -0.39 is 0 Å². The number of carbonyl (C=O) groups excluding carboxylic acids is 1. The van der Waals surface area contributed by atoms with Crippen molar-refractivity contribution in [1.82, 2.24) is 5.32 Å². The number of nitrogens with one attached hydrogen (secondary N) is 1. The third-order valence-corrected chi connectivity index (χ3v) is 3.94. The highest BCUT2D eigenvalue weighted by atomic mass is 16.1. The van der Waals surface area contributed by atoms with Crippen LogP contribution in [0.2, 0.25) is 0 Å². The second kappa shape index (κ2) is 6.11. The monoisotopic (exact) mass is 270 g/mol. The Morgan fingerprint density at radius 1 is 1.40 bits per heavy atom. The smallest absolute Gasteiger partial charge is 0.252 e. The number of benzene rings is 1. The standard InChI is InChI=1S/C17H22N2O/c1-13-7-8-14(6-5-11-18)12-15(13)16(20)19-17(2)9-3-4-10-17/h7-8,12H,3-4,9-11,18H2,1-2H3,(H,19,20). The summed E-state index contributed by atoms with van der Waals surface area (Å²) in [6, 6.07) is 5.71. The summed E-state index contributed by atoms with van der Waals surface area (Å²) in [5, 5.41) is 3.18. The van der Waals surface area contributed by atoms with E-state index in [1.165, 1.54) is 12.8 Å². The summed E-state index contributed by atoms with van der Waals surface area (Å²) in [5.74, 6) is 5.79. The number of carbonyl (C=O) groups is 1. The Hall–Kier alpha value is -1.79. The summed E-state index contributed by atoms with van der Waals surface area (Å²) in [7, 11) is 0. The van der Waals surface area contributed by atoms with Crippen LogP contribution in [0.25, 0.3) is 0 Å². The van der Waals surface area contributed by atoms with Crippen LogP contribution in [0.1, 0.15) is 54.1 Å². The van der Waals surface area contributed by atoms with Gasteiger partial charge in [-0.2, -0.15) is 0 Å². The fourth-order valence-corrected chi connectivity index (χ4v) is 2.72. The number of aryl methyl sites for hydroxylation is 1. The molecule has 0 aliphatic heterocycles. The van der Waals surface area contributed by atoms with Crippen molar-refractivity contribution in [2.45, 2.75) is 45.1 Å². The first kappa shape index (κ1) is 14.6. The summed E-state index contributed by atoms with van der Waals surface area (Å²) in [6.07, 6.45) is 4.50. The molecule has 1 amide bonds. The molecule has 0 atom stereocenters. The number of hydrogen-bond acceptors (Lipinski definition) is 2. The Kier molecular flexibility index (Phi) is 4.46. The van der Waals surface area contributed by atoms with Crippen molar-refractivity contribution in [2.75, 3.05) is 6.54 Å². The summed E-state index contributed by atoms with van der Waals surface area (Å²) < 4.78 is 0. The van der Waals surface area contributed by atoms with Crippen molar-refractivity contribution in [2.24, 2.45) is 5.73 Å². The maximum atomic E-state index is 12.5. The molecule has 2 rings (SSSR count). The molecule has 3 N–H and O–H groups in total. The lowest BCUT2D eigenvalue weighted by Gasteiger charge is -2.25. The largest absolute Gasteiger partial charge is 0.347 e. The van der Waals surface area contributed by atoms with Crippen LogP contribution in [0.15, 0.2) is 18.2 Å². The first-order valence-corrected chi connectivity index (χ1v) is 7.16. The van der Waals surface area contributed by atoms with Gasteiger partial charge in [0.05, 0.1) is 6.54 Å². The van der Waals surface area contributed by atoms with Gasteiger partial charge in [-0.15, -0.1) is 0 Å². The van der Waals surface area contributed by atoms with Crippen LogP contribution in [0.4, 0.5) is 0 Å². The van der Waals surface area contributed by atoms with E-state index in [0.717, 1.165) is 24.0 Å². The Labute approximate surface area is 120 Å². The minimum Gasteiger partial charge on any atom is -0.347 e. The van der Waals surface area contributed by atoms with Crippen molar-refractivity contribution < 1.29 is 4.79 Å². The van der Waals surface area contributed by atoms with Gasteiger partial charge in [0.2, 0.25) is 0 Å². The maximum absolute atomic E-state index is 12.5. The SMILES string of the molecule is Cc1ccc(C#CCN)cc1C(=O)NC1(C)CCCC1. The van der Waals surface area contributed by atoms with Gasteiger partial charge in [0.1, 0.15) is 0 Å². The molecule has 20 heavy (non-hydrogen) atoms. The average Bonchev–Trinajstić information content (AvgIpc) is 2.84.